The Bertz CT molecular complexity index is 908. The molecule has 1 N–H and O–H groups in total. The molecular weight excluding hydrogens is 390 g/mol. The van der Waals surface area contributed by atoms with E-state index < -0.39 is 0 Å². The van der Waals surface area contributed by atoms with E-state index in [0.717, 1.165) is 50.3 Å². The van der Waals surface area contributed by atoms with Crippen LogP contribution in [0.1, 0.15) is 37.7 Å². The maximum absolute atomic E-state index is 12.7. The van der Waals surface area contributed by atoms with Crippen molar-refractivity contribution in [1.29, 1.82) is 0 Å². The lowest BCUT2D eigenvalue weighted by Crippen LogP contribution is -2.45. The zero-order chi connectivity index (χ0) is 21.5. The molecule has 31 heavy (non-hydrogen) atoms. The Labute approximate surface area is 184 Å². The molecule has 1 atom stereocenters. The molecule has 7 heteroatoms. The topological polar surface area (TPSA) is 70.5 Å². The van der Waals surface area contributed by atoms with Crippen molar-refractivity contribution >= 4 is 11.6 Å². The number of amides is 1. The first-order valence-electron chi connectivity index (χ1n) is 11.6. The number of anilines is 1. The number of piperidine rings is 2. The molecule has 2 aliphatic rings. The third-order valence-corrected chi connectivity index (χ3v) is 6.36. The van der Waals surface area contributed by atoms with Crippen LogP contribution in [0.4, 0.5) is 5.69 Å². The summed E-state index contributed by atoms with van der Waals surface area (Å²) < 4.78 is 1.48. The summed E-state index contributed by atoms with van der Waals surface area (Å²) >= 11 is 0. The van der Waals surface area contributed by atoms with Crippen LogP contribution in [0.2, 0.25) is 0 Å². The number of carbonyl (C=O) groups is 1. The smallest absolute Gasteiger partial charge is 0.269 e. The Morgan fingerprint density at radius 1 is 1.06 bits per heavy atom. The fourth-order valence-electron chi connectivity index (χ4n) is 4.56. The van der Waals surface area contributed by atoms with Crippen molar-refractivity contribution in [2.24, 2.45) is 5.92 Å². The van der Waals surface area contributed by atoms with Gasteiger partial charge in [-0.25, -0.2) is 4.68 Å². The second-order valence-corrected chi connectivity index (χ2v) is 8.67. The second kappa shape index (κ2) is 10.6. The van der Waals surface area contributed by atoms with Crippen LogP contribution in [0.25, 0.3) is 0 Å². The van der Waals surface area contributed by atoms with Crippen LogP contribution >= 0.6 is 0 Å². The number of aromatic nitrogens is 2. The van der Waals surface area contributed by atoms with Crippen LogP contribution in [0.15, 0.2) is 47.4 Å². The predicted molar refractivity (Wildman–Crippen MR) is 122 cm³/mol. The standard InChI is InChI=1S/C24H33N5O2/c30-23-16-22(17-26-29(23)18-20-8-3-1-4-9-20)28-14-7-10-21(19-28)24(31)25-11-15-27-12-5-2-6-13-27/h1,3-4,8-9,16-17,21H,2,5-7,10-15,18-19H2,(H,25,31)/t21-/m0/s1. The third kappa shape index (κ3) is 5.94. The molecule has 0 unspecified atom stereocenters. The normalized spacial score (nSPS) is 19.9. The first-order chi connectivity index (χ1) is 15.2. The van der Waals surface area contributed by atoms with Gasteiger partial charge in [-0.1, -0.05) is 36.8 Å². The van der Waals surface area contributed by atoms with E-state index in [4.69, 9.17) is 0 Å². The van der Waals surface area contributed by atoms with Gasteiger partial charge in [0.1, 0.15) is 0 Å². The first-order valence-corrected chi connectivity index (χ1v) is 11.6. The monoisotopic (exact) mass is 423 g/mol. The highest BCUT2D eigenvalue weighted by molar-refractivity contribution is 5.79. The SMILES string of the molecule is O=C(NCCN1CCCCC1)[C@H]1CCCN(c2cnn(Cc3ccccc3)c(=O)c2)C1. The van der Waals surface area contributed by atoms with Gasteiger partial charge >= 0.3 is 0 Å². The van der Waals surface area contributed by atoms with Gasteiger partial charge in [0.05, 0.1) is 24.3 Å². The Balaban J connectivity index is 1.30. The second-order valence-electron chi connectivity index (χ2n) is 8.67. The van der Waals surface area contributed by atoms with Crippen LogP contribution in [0, 0.1) is 5.92 Å². The average molecular weight is 424 g/mol. The first kappa shape index (κ1) is 21.6. The fourth-order valence-corrected chi connectivity index (χ4v) is 4.56. The van der Waals surface area contributed by atoms with Gasteiger partial charge in [0.15, 0.2) is 0 Å². The van der Waals surface area contributed by atoms with Crippen LogP contribution in [-0.4, -0.2) is 59.9 Å². The molecule has 0 spiro atoms. The van der Waals surface area contributed by atoms with E-state index in [1.807, 2.05) is 30.3 Å². The number of likely N-dealkylation sites (tertiary alicyclic amines) is 1. The maximum Gasteiger partial charge on any atom is 0.269 e. The van der Waals surface area contributed by atoms with E-state index in [-0.39, 0.29) is 17.4 Å². The third-order valence-electron chi connectivity index (χ3n) is 6.36. The minimum absolute atomic E-state index is 0.0399. The maximum atomic E-state index is 12.7. The van der Waals surface area contributed by atoms with Crippen molar-refractivity contribution in [2.75, 3.05) is 44.2 Å². The van der Waals surface area contributed by atoms with Gasteiger partial charge in [-0.2, -0.15) is 5.10 Å². The van der Waals surface area contributed by atoms with Crippen molar-refractivity contribution in [2.45, 2.75) is 38.6 Å². The molecule has 1 aromatic carbocycles. The summed E-state index contributed by atoms with van der Waals surface area (Å²) in [5, 5.41) is 7.51. The highest BCUT2D eigenvalue weighted by atomic mass is 16.2. The van der Waals surface area contributed by atoms with Gasteiger partial charge in [0.25, 0.3) is 5.56 Å². The molecule has 3 heterocycles. The predicted octanol–water partition coefficient (Wildman–Crippen LogP) is 2.11. The number of rotatable bonds is 7. The van der Waals surface area contributed by atoms with Crippen LogP contribution in [0.5, 0.6) is 0 Å². The molecule has 0 radical (unpaired) electrons. The van der Waals surface area contributed by atoms with Gasteiger partial charge in [-0.05, 0) is 44.3 Å². The minimum atomic E-state index is -0.116. The molecule has 0 saturated carbocycles. The van der Waals surface area contributed by atoms with Crippen LogP contribution in [-0.2, 0) is 11.3 Å². The van der Waals surface area contributed by atoms with E-state index >= 15 is 0 Å². The molecule has 1 aromatic heterocycles. The lowest BCUT2D eigenvalue weighted by Gasteiger charge is -2.33. The van der Waals surface area contributed by atoms with Crippen LogP contribution < -0.4 is 15.8 Å². The molecular formula is C24H33N5O2. The molecule has 1 amide bonds. The number of nitrogens with zero attached hydrogens (tertiary/aromatic N) is 4. The van der Waals surface area contributed by atoms with Gasteiger partial charge in [-0.3, -0.25) is 9.59 Å². The summed E-state index contributed by atoms with van der Waals surface area (Å²) in [4.78, 5) is 29.8. The van der Waals surface area contributed by atoms with Gasteiger partial charge < -0.3 is 15.1 Å². The molecule has 2 aromatic rings. The molecule has 2 fully saturated rings. The largest absolute Gasteiger partial charge is 0.369 e. The van der Waals surface area contributed by atoms with Crippen molar-refractivity contribution < 1.29 is 4.79 Å². The lowest BCUT2D eigenvalue weighted by atomic mass is 9.97. The molecule has 0 aliphatic carbocycles. The number of nitrogens with one attached hydrogen (secondary N) is 1. The zero-order valence-corrected chi connectivity index (χ0v) is 18.2. The van der Waals surface area contributed by atoms with Crippen molar-refractivity contribution in [3.63, 3.8) is 0 Å². The summed E-state index contributed by atoms with van der Waals surface area (Å²) in [6.45, 7) is 5.90. The summed E-state index contributed by atoms with van der Waals surface area (Å²) in [7, 11) is 0. The molecule has 7 nitrogen and oxygen atoms in total. The summed E-state index contributed by atoms with van der Waals surface area (Å²) in [6, 6.07) is 11.5. The Morgan fingerprint density at radius 2 is 1.87 bits per heavy atom. The number of hydrogen-bond donors (Lipinski definition) is 1. The van der Waals surface area contributed by atoms with Crippen molar-refractivity contribution in [3.05, 3.63) is 58.5 Å². The van der Waals surface area contributed by atoms with Crippen molar-refractivity contribution in [1.82, 2.24) is 20.0 Å². The van der Waals surface area contributed by atoms with Gasteiger partial charge in [-0.15, -0.1) is 0 Å². The highest BCUT2D eigenvalue weighted by Gasteiger charge is 2.26. The van der Waals surface area contributed by atoms with Gasteiger partial charge in [0, 0.05) is 32.2 Å². The van der Waals surface area contributed by atoms with E-state index in [1.54, 1.807) is 12.3 Å². The van der Waals surface area contributed by atoms with Crippen LogP contribution in [0.3, 0.4) is 0 Å². The average Bonchev–Trinajstić information content (AvgIpc) is 2.82. The minimum Gasteiger partial charge on any atom is -0.369 e. The number of carbonyl (C=O) groups excluding carboxylic acids is 1. The Kier molecular flexibility index (Phi) is 7.35. The number of hydrogen-bond acceptors (Lipinski definition) is 5. The fraction of sp³-hybridized carbons (Fsp3) is 0.542. The lowest BCUT2D eigenvalue weighted by molar-refractivity contribution is -0.125. The molecule has 0 bridgehead atoms. The molecule has 2 aliphatic heterocycles. The van der Waals surface area contributed by atoms with E-state index in [1.165, 1.54) is 23.9 Å². The Hall–Kier alpha value is -2.67. The summed E-state index contributed by atoms with van der Waals surface area (Å²) in [5.41, 5.74) is 1.73. The van der Waals surface area contributed by atoms with E-state index in [2.05, 4.69) is 20.2 Å². The Morgan fingerprint density at radius 3 is 2.65 bits per heavy atom. The van der Waals surface area contributed by atoms with Gasteiger partial charge in [0.2, 0.25) is 5.91 Å². The van der Waals surface area contributed by atoms with E-state index in [9.17, 15) is 9.59 Å². The molecule has 2 saturated heterocycles. The molecule has 166 valence electrons. The van der Waals surface area contributed by atoms with E-state index in [0.29, 0.717) is 19.6 Å². The highest BCUT2D eigenvalue weighted by Crippen LogP contribution is 2.22. The van der Waals surface area contributed by atoms with Crippen molar-refractivity contribution in [3.8, 4) is 0 Å². The summed E-state index contributed by atoms with van der Waals surface area (Å²) in [6.07, 6.45) is 7.45. The summed E-state index contributed by atoms with van der Waals surface area (Å²) in [5.74, 6) is 0.0916. The molecule has 4 rings (SSSR count). The number of benzene rings is 1. The quantitative estimate of drug-likeness (QED) is 0.739. The zero-order valence-electron chi connectivity index (χ0n) is 18.2.